The van der Waals surface area contributed by atoms with E-state index >= 15 is 0 Å². The molecule has 1 N–H and O–H groups in total. The average molecular weight is 391 g/mol. The van der Waals surface area contributed by atoms with Crippen molar-refractivity contribution >= 4 is 25.5 Å². The maximum absolute atomic E-state index is 14.5. The zero-order valence-corrected chi connectivity index (χ0v) is 16.6. The molecule has 1 aliphatic rings. The van der Waals surface area contributed by atoms with Crippen molar-refractivity contribution in [3.8, 4) is 0 Å². The van der Waals surface area contributed by atoms with Gasteiger partial charge >= 0.3 is 6.09 Å². The first-order valence-electron chi connectivity index (χ1n) is 9.06. The molecule has 1 amide bonds. The number of amides is 1. The van der Waals surface area contributed by atoms with Gasteiger partial charge in [0.15, 0.2) is 11.6 Å². The van der Waals surface area contributed by atoms with E-state index in [1.165, 1.54) is 0 Å². The average Bonchev–Trinajstić information content (AvgIpc) is 2.61. The number of halogens is 2. The van der Waals surface area contributed by atoms with E-state index in [-0.39, 0.29) is 18.0 Å². The lowest BCUT2D eigenvalue weighted by Crippen LogP contribution is -2.43. The molecule has 3 rings (SSSR count). The fourth-order valence-corrected chi connectivity index (χ4v) is 5.15. The van der Waals surface area contributed by atoms with Crippen LogP contribution in [0.3, 0.4) is 0 Å². The molecule has 144 valence electrons. The van der Waals surface area contributed by atoms with Gasteiger partial charge in [0.25, 0.3) is 0 Å². The Kier molecular flexibility index (Phi) is 5.79. The van der Waals surface area contributed by atoms with E-state index in [2.05, 4.69) is 18.4 Å². The molecule has 1 aliphatic heterocycles. The molecule has 0 unspecified atom stereocenters. The number of carbonyl (C=O) groups is 1. The largest absolute Gasteiger partial charge is 0.444 e. The SMILES string of the molecule is C[Si]1(C)CCN(c2c(F)cc(NC(=O)OCc3ccccc3)cc2F)CC1. The smallest absolute Gasteiger partial charge is 0.411 e. The summed E-state index contributed by atoms with van der Waals surface area (Å²) in [4.78, 5) is 13.6. The standard InChI is InChI=1S/C20H24F2N2O2Si/c1-27(2)10-8-24(9-11-27)19-17(21)12-16(13-18(19)22)23-20(25)26-14-15-6-4-3-5-7-15/h3-7,12-13H,8-11,14H2,1-2H3,(H,23,25). The molecule has 4 nitrogen and oxygen atoms in total. The van der Waals surface area contributed by atoms with E-state index in [1.54, 1.807) is 4.90 Å². The van der Waals surface area contributed by atoms with E-state index in [4.69, 9.17) is 4.74 Å². The summed E-state index contributed by atoms with van der Waals surface area (Å²) in [5.41, 5.74) is 0.859. The summed E-state index contributed by atoms with van der Waals surface area (Å²) in [6, 6.07) is 13.5. The maximum atomic E-state index is 14.5. The van der Waals surface area contributed by atoms with Gasteiger partial charge in [0.2, 0.25) is 0 Å². The number of hydrogen-bond acceptors (Lipinski definition) is 3. The van der Waals surface area contributed by atoms with Crippen molar-refractivity contribution in [2.75, 3.05) is 23.3 Å². The summed E-state index contributed by atoms with van der Waals surface area (Å²) < 4.78 is 34.1. The Morgan fingerprint density at radius 1 is 1.11 bits per heavy atom. The van der Waals surface area contributed by atoms with Crippen LogP contribution in [0.4, 0.5) is 25.0 Å². The highest BCUT2D eigenvalue weighted by atomic mass is 28.3. The zero-order valence-electron chi connectivity index (χ0n) is 15.6. The molecule has 1 saturated heterocycles. The highest BCUT2D eigenvalue weighted by Crippen LogP contribution is 2.32. The molecule has 0 aromatic heterocycles. The molecule has 7 heteroatoms. The van der Waals surface area contributed by atoms with Gasteiger partial charge in [-0.25, -0.2) is 13.6 Å². The summed E-state index contributed by atoms with van der Waals surface area (Å²) in [6.45, 7) is 6.01. The van der Waals surface area contributed by atoms with Crippen LogP contribution in [0.2, 0.25) is 25.2 Å². The van der Waals surface area contributed by atoms with E-state index in [0.29, 0.717) is 13.1 Å². The lowest BCUT2D eigenvalue weighted by molar-refractivity contribution is 0.155. The molecule has 2 aromatic rings. The Balaban J connectivity index is 1.63. The minimum absolute atomic E-state index is 0.0114. The van der Waals surface area contributed by atoms with E-state index < -0.39 is 25.8 Å². The summed E-state index contributed by atoms with van der Waals surface area (Å²) in [7, 11) is -1.23. The Labute approximate surface area is 159 Å². The van der Waals surface area contributed by atoms with Gasteiger partial charge in [0.1, 0.15) is 12.3 Å². The van der Waals surface area contributed by atoms with Crippen LogP contribution >= 0.6 is 0 Å². The fraction of sp³-hybridized carbons (Fsp3) is 0.350. The van der Waals surface area contributed by atoms with Crippen LogP contribution in [0, 0.1) is 11.6 Å². The van der Waals surface area contributed by atoms with E-state index in [1.807, 2.05) is 30.3 Å². The normalized spacial score (nSPS) is 16.1. The molecule has 27 heavy (non-hydrogen) atoms. The second-order valence-electron chi connectivity index (χ2n) is 7.63. The van der Waals surface area contributed by atoms with Crippen molar-refractivity contribution in [2.24, 2.45) is 0 Å². The number of rotatable bonds is 4. The molecule has 0 aliphatic carbocycles. The fourth-order valence-electron chi connectivity index (χ4n) is 3.15. The van der Waals surface area contributed by atoms with Crippen molar-refractivity contribution in [1.29, 1.82) is 0 Å². The molecule has 0 atom stereocenters. The molecule has 0 saturated carbocycles. The van der Waals surface area contributed by atoms with E-state index in [0.717, 1.165) is 29.8 Å². The monoisotopic (exact) mass is 390 g/mol. The van der Waals surface area contributed by atoms with Gasteiger partial charge < -0.3 is 9.64 Å². The zero-order chi connectivity index (χ0) is 19.4. The number of anilines is 2. The van der Waals surface area contributed by atoms with Crippen LogP contribution in [0.25, 0.3) is 0 Å². The van der Waals surface area contributed by atoms with Crippen molar-refractivity contribution in [3.05, 3.63) is 59.7 Å². The quantitative estimate of drug-likeness (QED) is 0.726. The second kappa shape index (κ2) is 8.08. The highest BCUT2D eigenvalue weighted by molar-refractivity contribution is 6.77. The number of hydrogen-bond donors (Lipinski definition) is 1. The van der Waals surface area contributed by atoms with Crippen LogP contribution in [-0.2, 0) is 11.3 Å². The van der Waals surface area contributed by atoms with Crippen LogP contribution in [0.15, 0.2) is 42.5 Å². The van der Waals surface area contributed by atoms with Crippen LogP contribution in [-0.4, -0.2) is 27.3 Å². The lowest BCUT2D eigenvalue weighted by atomic mass is 10.2. The molecule has 2 aromatic carbocycles. The Morgan fingerprint density at radius 3 is 2.30 bits per heavy atom. The van der Waals surface area contributed by atoms with Gasteiger partial charge in [0, 0.05) is 18.8 Å². The molecular weight excluding hydrogens is 366 g/mol. The molecule has 0 bridgehead atoms. The Hall–Kier alpha value is -2.41. The number of nitrogens with one attached hydrogen (secondary N) is 1. The first-order valence-corrected chi connectivity index (χ1v) is 12.5. The van der Waals surface area contributed by atoms with Crippen molar-refractivity contribution in [2.45, 2.75) is 31.8 Å². The van der Waals surface area contributed by atoms with Gasteiger partial charge in [-0.05, 0) is 29.8 Å². The van der Waals surface area contributed by atoms with Gasteiger partial charge in [-0.2, -0.15) is 0 Å². The Morgan fingerprint density at radius 2 is 1.70 bits per heavy atom. The number of carbonyl (C=O) groups excluding carboxylic acids is 1. The summed E-state index contributed by atoms with van der Waals surface area (Å²) >= 11 is 0. The Bertz CT molecular complexity index is 782. The van der Waals surface area contributed by atoms with Gasteiger partial charge in [-0.3, -0.25) is 5.32 Å². The molecule has 1 fully saturated rings. The minimum Gasteiger partial charge on any atom is -0.444 e. The van der Waals surface area contributed by atoms with Gasteiger partial charge in [0.05, 0.1) is 8.07 Å². The van der Waals surface area contributed by atoms with Crippen LogP contribution in [0.5, 0.6) is 0 Å². The first kappa shape index (κ1) is 19.4. The third-order valence-corrected chi connectivity index (χ3v) is 8.06. The summed E-state index contributed by atoms with van der Waals surface area (Å²) in [6.07, 6.45) is -0.754. The van der Waals surface area contributed by atoms with E-state index in [9.17, 15) is 13.6 Å². The topological polar surface area (TPSA) is 41.6 Å². The summed E-state index contributed by atoms with van der Waals surface area (Å²) in [5, 5.41) is 2.38. The van der Waals surface area contributed by atoms with Crippen molar-refractivity contribution in [1.82, 2.24) is 0 Å². The number of ether oxygens (including phenoxy) is 1. The second-order valence-corrected chi connectivity index (χ2v) is 13.0. The molecule has 0 spiro atoms. The predicted octanol–water partition coefficient (Wildman–Crippen LogP) is 5.24. The van der Waals surface area contributed by atoms with Crippen molar-refractivity contribution in [3.63, 3.8) is 0 Å². The molecular formula is C20H24F2N2O2Si. The van der Waals surface area contributed by atoms with Gasteiger partial charge in [-0.15, -0.1) is 0 Å². The minimum atomic E-state index is -1.23. The molecule has 0 radical (unpaired) electrons. The maximum Gasteiger partial charge on any atom is 0.411 e. The number of nitrogens with zero attached hydrogens (tertiary/aromatic N) is 1. The third kappa shape index (κ3) is 5.06. The first-order chi connectivity index (χ1) is 12.8. The van der Waals surface area contributed by atoms with Crippen LogP contribution < -0.4 is 10.2 Å². The molecule has 1 heterocycles. The van der Waals surface area contributed by atoms with Crippen LogP contribution in [0.1, 0.15) is 5.56 Å². The number of benzene rings is 2. The highest BCUT2D eigenvalue weighted by Gasteiger charge is 2.30. The lowest BCUT2D eigenvalue weighted by Gasteiger charge is -2.37. The van der Waals surface area contributed by atoms with Gasteiger partial charge in [-0.1, -0.05) is 43.4 Å². The van der Waals surface area contributed by atoms with Crippen molar-refractivity contribution < 1.29 is 18.3 Å². The third-order valence-electron chi connectivity index (χ3n) is 4.91. The summed E-state index contributed by atoms with van der Waals surface area (Å²) in [5.74, 6) is -1.34. The predicted molar refractivity (Wildman–Crippen MR) is 106 cm³/mol.